The first-order valence-corrected chi connectivity index (χ1v) is 5.71. The Labute approximate surface area is 108 Å². The lowest BCUT2D eigenvalue weighted by molar-refractivity contribution is -0.163. The van der Waals surface area contributed by atoms with Crippen LogP contribution >= 0.6 is 31.9 Å². The van der Waals surface area contributed by atoms with Crippen LogP contribution in [0.3, 0.4) is 0 Å². The number of nitrogens with zero attached hydrogens (tertiary/aromatic N) is 1. The van der Waals surface area contributed by atoms with E-state index in [-0.39, 0.29) is 5.69 Å². The van der Waals surface area contributed by atoms with Gasteiger partial charge in [-0.3, -0.25) is 4.79 Å². The van der Waals surface area contributed by atoms with Crippen LogP contribution in [-0.4, -0.2) is 22.0 Å². The molecule has 5 nitrogen and oxygen atoms in total. The number of carbonyl (C=O) groups is 2. The third-order valence-electron chi connectivity index (χ3n) is 1.56. The molecule has 1 rings (SSSR count). The molecule has 1 atom stereocenters. The second kappa shape index (κ2) is 5.40. The van der Waals surface area contributed by atoms with Crippen molar-refractivity contribution >= 4 is 43.8 Å². The first kappa shape index (κ1) is 13.1. The van der Waals surface area contributed by atoms with Gasteiger partial charge in [-0.05, 0) is 28.1 Å². The fourth-order valence-corrected chi connectivity index (χ4v) is 2.23. The highest BCUT2D eigenvalue weighted by atomic mass is 79.9. The van der Waals surface area contributed by atoms with E-state index in [1.807, 2.05) is 0 Å². The van der Waals surface area contributed by atoms with Crippen molar-refractivity contribution in [3.8, 4) is 0 Å². The fourth-order valence-electron chi connectivity index (χ4n) is 1.02. The zero-order chi connectivity index (χ0) is 12.3. The van der Waals surface area contributed by atoms with Crippen LogP contribution in [0.4, 0.5) is 0 Å². The summed E-state index contributed by atoms with van der Waals surface area (Å²) in [4.78, 5) is 25.6. The summed E-state index contributed by atoms with van der Waals surface area (Å²) in [7, 11) is 0. The van der Waals surface area contributed by atoms with Crippen LogP contribution in [0.15, 0.2) is 21.2 Å². The van der Waals surface area contributed by atoms with Gasteiger partial charge in [-0.15, -0.1) is 0 Å². The quantitative estimate of drug-likeness (QED) is 0.667. The van der Waals surface area contributed by atoms with E-state index >= 15 is 0 Å². The maximum atomic E-state index is 10.9. The highest BCUT2D eigenvalue weighted by molar-refractivity contribution is 9.11. The van der Waals surface area contributed by atoms with Gasteiger partial charge in [0.15, 0.2) is 0 Å². The molecular weight excluding hydrogens is 346 g/mol. The highest BCUT2D eigenvalue weighted by Crippen LogP contribution is 2.23. The normalized spacial score (nSPS) is 11.9. The van der Waals surface area contributed by atoms with Crippen molar-refractivity contribution in [1.82, 2.24) is 4.98 Å². The molecule has 1 N–H and O–H groups in total. The smallest absolute Gasteiger partial charge is 0.351 e. The van der Waals surface area contributed by atoms with E-state index in [0.717, 1.165) is 6.92 Å². The van der Waals surface area contributed by atoms with E-state index in [1.165, 1.54) is 6.07 Å². The monoisotopic (exact) mass is 351 g/mol. The molecular formula is C9H7Br2NO4. The molecule has 1 aromatic rings. The number of halogens is 2. The second-order valence-electron chi connectivity index (χ2n) is 2.86. The minimum atomic E-state index is -1.40. The maximum absolute atomic E-state index is 10.9. The summed E-state index contributed by atoms with van der Waals surface area (Å²) in [6.45, 7) is 1.14. The molecule has 1 aromatic heterocycles. The minimum absolute atomic E-state index is 0.143. The van der Waals surface area contributed by atoms with Crippen LogP contribution in [-0.2, 0) is 14.3 Å². The Kier molecular flexibility index (Phi) is 4.43. The Morgan fingerprint density at radius 2 is 2.06 bits per heavy atom. The molecule has 0 aliphatic rings. The molecule has 0 aliphatic heterocycles. The van der Waals surface area contributed by atoms with Gasteiger partial charge in [-0.1, -0.05) is 15.9 Å². The SMILES string of the molecule is CC(=O)OC(C(=O)O)c1cc(Br)cc(Br)n1. The van der Waals surface area contributed by atoms with E-state index in [2.05, 4.69) is 41.6 Å². The topological polar surface area (TPSA) is 76.5 Å². The third-order valence-corrected chi connectivity index (χ3v) is 2.42. The van der Waals surface area contributed by atoms with Crippen molar-refractivity contribution < 1.29 is 19.4 Å². The van der Waals surface area contributed by atoms with Gasteiger partial charge >= 0.3 is 11.9 Å². The van der Waals surface area contributed by atoms with Crippen molar-refractivity contribution in [2.75, 3.05) is 0 Å². The largest absolute Gasteiger partial charge is 0.478 e. The van der Waals surface area contributed by atoms with Gasteiger partial charge in [0.25, 0.3) is 0 Å². The number of carboxylic acid groups (broad SMARTS) is 1. The Balaban J connectivity index is 3.10. The summed E-state index contributed by atoms with van der Waals surface area (Å²) < 4.78 is 5.76. The molecule has 1 unspecified atom stereocenters. The average molecular weight is 353 g/mol. The molecule has 0 spiro atoms. The van der Waals surface area contributed by atoms with Gasteiger partial charge < -0.3 is 9.84 Å². The Bertz CT molecular complexity index is 415. The maximum Gasteiger partial charge on any atom is 0.351 e. The first-order chi connectivity index (χ1) is 7.40. The van der Waals surface area contributed by atoms with Gasteiger partial charge in [0, 0.05) is 11.4 Å². The van der Waals surface area contributed by atoms with E-state index in [4.69, 9.17) is 5.11 Å². The summed E-state index contributed by atoms with van der Waals surface area (Å²) in [5, 5.41) is 8.91. The molecule has 0 saturated carbocycles. The van der Waals surface area contributed by atoms with Crippen LogP contribution in [0, 0.1) is 0 Å². The van der Waals surface area contributed by atoms with Gasteiger partial charge in [0.2, 0.25) is 6.10 Å². The summed E-state index contributed by atoms with van der Waals surface area (Å²) in [5.41, 5.74) is 0.143. The number of aliphatic carboxylic acids is 1. The Morgan fingerprint density at radius 3 is 2.50 bits per heavy atom. The van der Waals surface area contributed by atoms with Crippen molar-refractivity contribution in [1.29, 1.82) is 0 Å². The molecule has 7 heteroatoms. The molecule has 0 bridgehead atoms. The Hall–Kier alpha value is -0.950. The molecule has 0 aliphatic carbocycles. The van der Waals surface area contributed by atoms with E-state index < -0.39 is 18.0 Å². The average Bonchev–Trinajstić information content (AvgIpc) is 2.11. The van der Waals surface area contributed by atoms with Gasteiger partial charge in [0.1, 0.15) is 4.60 Å². The summed E-state index contributed by atoms with van der Waals surface area (Å²) in [5.74, 6) is -1.95. The standard InChI is InChI=1S/C9H7Br2NO4/c1-4(13)16-8(9(14)15)6-2-5(10)3-7(11)12-6/h2-3,8H,1H3,(H,14,15). The number of aromatic nitrogens is 1. The third kappa shape index (κ3) is 3.57. The molecule has 0 amide bonds. The van der Waals surface area contributed by atoms with E-state index in [0.29, 0.717) is 9.08 Å². The molecule has 0 fully saturated rings. The van der Waals surface area contributed by atoms with Crippen LogP contribution in [0.5, 0.6) is 0 Å². The van der Waals surface area contributed by atoms with E-state index in [9.17, 15) is 9.59 Å². The van der Waals surface area contributed by atoms with Gasteiger partial charge in [0.05, 0.1) is 5.69 Å². The number of pyridine rings is 1. The summed E-state index contributed by atoms with van der Waals surface area (Å²) in [6.07, 6.45) is -1.40. The van der Waals surface area contributed by atoms with E-state index in [1.54, 1.807) is 6.07 Å². The lowest BCUT2D eigenvalue weighted by Gasteiger charge is -2.12. The van der Waals surface area contributed by atoms with Crippen molar-refractivity contribution in [2.24, 2.45) is 0 Å². The minimum Gasteiger partial charge on any atom is -0.478 e. The van der Waals surface area contributed by atoms with Crippen molar-refractivity contribution in [2.45, 2.75) is 13.0 Å². The fraction of sp³-hybridized carbons (Fsp3) is 0.222. The van der Waals surface area contributed by atoms with Crippen LogP contribution in [0.1, 0.15) is 18.7 Å². The molecule has 0 aromatic carbocycles. The number of carbonyl (C=O) groups excluding carboxylic acids is 1. The highest BCUT2D eigenvalue weighted by Gasteiger charge is 2.25. The molecule has 86 valence electrons. The molecule has 0 radical (unpaired) electrons. The number of rotatable bonds is 3. The molecule has 16 heavy (non-hydrogen) atoms. The number of ether oxygens (including phenoxy) is 1. The summed E-state index contributed by atoms with van der Waals surface area (Å²) >= 11 is 6.32. The van der Waals surface area contributed by atoms with Gasteiger partial charge in [-0.2, -0.15) is 0 Å². The van der Waals surface area contributed by atoms with Crippen LogP contribution in [0.25, 0.3) is 0 Å². The van der Waals surface area contributed by atoms with Crippen LogP contribution < -0.4 is 0 Å². The number of esters is 1. The zero-order valence-electron chi connectivity index (χ0n) is 8.11. The van der Waals surface area contributed by atoms with Gasteiger partial charge in [-0.25, -0.2) is 9.78 Å². The lowest BCUT2D eigenvalue weighted by Crippen LogP contribution is -2.19. The lowest BCUT2D eigenvalue weighted by atomic mass is 10.2. The summed E-state index contributed by atoms with van der Waals surface area (Å²) in [6, 6.07) is 3.13. The first-order valence-electron chi connectivity index (χ1n) is 4.13. The molecule has 0 saturated heterocycles. The Morgan fingerprint density at radius 1 is 1.44 bits per heavy atom. The van der Waals surface area contributed by atoms with Crippen molar-refractivity contribution in [3.05, 3.63) is 26.9 Å². The predicted octanol–water partition coefficient (Wildman–Crippen LogP) is 2.30. The number of hydrogen-bond acceptors (Lipinski definition) is 4. The number of carboxylic acids is 1. The zero-order valence-corrected chi connectivity index (χ0v) is 11.3. The number of hydrogen-bond donors (Lipinski definition) is 1. The van der Waals surface area contributed by atoms with Crippen LogP contribution in [0.2, 0.25) is 0 Å². The molecule has 1 heterocycles. The second-order valence-corrected chi connectivity index (χ2v) is 4.59. The van der Waals surface area contributed by atoms with Crippen molar-refractivity contribution in [3.63, 3.8) is 0 Å². The predicted molar refractivity (Wildman–Crippen MR) is 61.8 cm³/mol.